The molecule has 1 unspecified atom stereocenters. The van der Waals surface area contributed by atoms with Crippen LogP contribution in [0.1, 0.15) is 6.23 Å². The van der Waals surface area contributed by atoms with E-state index < -0.39 is 35.6 Å². The van der Waals surface area contributed by atoms with E-state index >= 15 is 0 Å². The van der Waals surface area contributed by atoms with Crippen LogP contribution in [0, 0.1) is 12.3 Å². The zero-order chi connectivity index (χ0) is 14.2. The molecule has 8 heteroatoms. The minimum Gasteiger partial charge on any atom is -0.392 e. The van der Waals surface area contributed by atoms with E-state index in [0.29, 0.717) is 0 Å². The van der Waals surface area contributed by atoms with Gasteiger partial charge in [-0.05, 0) is 6.07 Å². The minimum atomic E-state index is -1.64. The third-order valence-corrected chi connectivity index (χ3v) is 3.44. The first-order valence-electron chi connectivity index (χ1n) is 5.38. The van der Waals surface area contributed by atoms with Crippen LogP contribution < -0.4 is 11.4 Å². The normalized spacial score (nSPS) is 34.1. The molecule has 0 aliphatic carbocycles. The van der Waals surface area contributed by atoms with Crippen molar-refractivity contribution < 1.29 is 14.9 Å². The Morgan fingerprint density at radius 1 is 1.74 bits per heavy atom. The van der Waals surface area contributed by atoms with Gasteiger partial charge in [-0.1, -0.05) is 5.92 Å². The Morgan fingerprint density at radius 3 is 2.89 bits per heavy atom. The fraction of sp³-hybridized carbons (Fsp3) is 0.455. The average molecular weight is 286 g/mol. The number of ether oxygens (including phenoxy) is 1. The lowest BCUT2D eigenvalue weighted by atomic mass is 9.99. The Balaban J connectivity index is 2.43. The zero-order valence-corrected chi connectivity index (χ0v) is 10.5. The van der Waals surface area contributed by atoms with Gasteiger partial charge in [-0.25, -0.2) is 4.79 Å². The van der Waals surface area contributed by atoms with Gasteiger partial charge in [0, 0.05) is 6.20 Å². The number of alkyl halides is 1. The van der Waals surface area contributed by atoms with Crippen LogP contribution in [0.25, 0.3) is 0 Å². The summed E-state index contributed by atoms with van der Waals surface area (Å²) in [5, 5.41) is 18.2. The molecule has 0 radical (unpaired) electrons. The van der Waals surface area contributed by atoms with Crippen molar-refractivity contribution in [1.29, 1.82) is 0 Å². The van der Waals surface area contributed by atoms with Crippen LogP contribution >= 0.6 is 11.6 Å². The van der Waals surface area contributed by atoms with Crippen molar-refractivity contribution in [2.24, 2.45) is 0 Å². The molecule has 7 nitrogen and oxygen atoms in total. The van der Waals surface area contributed by atoms with E-state index in [2.05, 4.69) is 10.9 Å². The van der Waals surface area contributed by atoms with E-state index in [4.69, 9.17) is 28.5 Å². The molecule has 4 atom stereocenters. The first-order valence-corrected chi connectivity index (χ1v) is 5.82. The van der Waals surface area contributed by atoms with E-state index in [1.807, 2.05) is 0 Å². The highest BCUT2D eigenvalue weighted by molar-refractivity contribution is 6.21. The maximum Gasteiger partial charge on any atom is 0.351 e. The summed E-state index contributed by atoms with van der Waals surface area (Å²) < 4.78 is 6.45. The Morgan fingerprint density at radius 2 is 2.42 bits per heavy atom. The molecule has 0 spiro atoms. The summed E-state index contributed by atoms with van der Waals surface area (Å²) in [6.45, 7) is -0.623. The number of aliphatic hydroxyl groups excluding tert-OH is 2. The topological polar surface area (TPSA) is 111 Å². The molecule has 102 valence electrons. The lowest BCUT2D eigenvalue weighted by Gasteiger charge is -2.23. The average Bonchev–Trinajstić information content (AvgIpc) is 2.64. The minimum absolute atomic E-state index is 0.0521. The second-order valence-corrected chi connectivity index (χ2v) is 4.64. The Labute approximate surface area is 113 Å². The Bertz CT molecular complexity index is 584. The first-order chi connectivity index (χ1) is 8.95. The predicted octanol–water partition coefficient (Wildman–Crippen LogP) is -1.31. The predicted molar refractivity (Wildman–Crippen MR) is 67.3 cm³/mol. The third kappa shape index (κ3) is 2.09. The monoisotopic (exact) mass is 285 g/mol. The molecule has 1 aliphatic rings. The molecule has 1 fully saturated rings. The van der Waals surface area contributed by atoms with Gasteiger partial charge in [0.25, 0.3) is 0 Å². The van der Waals surface area contributed by atoms with Gasteiger partial charge in [0.15, 0.2) is 11.8 Å². The number of anilines is 1. The number of nitrogens with two attached hydrogens (primary N) is 1. The van der Waals surface area contributed by atoms with Gasteiger partial charge in [-0.15, -0.1) is 18.0 Å². The van der Waals surface area contributed by atoms with Crippen LogP contribution in [-0.4, -0.2) is 43.5 Å². The Kier molecular flexibility index (Phi) is 3.52. The molecule has 19 heavy (non-hydrogen) atoms. The summed E-state index contributed by atoms with van der Waals surface area (Å²) in [6.07, 6.45) is 4.23. The number of aliphatic hydroxyl groups is 2. The second-order valence-electron chi connectivity index (χ2n) is 4.13. The van der Waals surface area contributed by atoms with Crippen molar-refractivity contribution in [2.45, 2.75) is 23.3 Å². The fourth-order valence-electron chi connectivity index (χ4n) is 1.89. The zero-order valence-electron chi connectivity index (χ0n) is 9.73. The smallest absolute Gasteiger partial charge is 0.351 e. The number of nitrogens with zero attached hydrogens (tertiary/aromatic N) is 2. The van der Waals surface area contributed by atoms with Crippen molar-refractivity contribution >= 4 is 17.4 Å². The summed E-state index contributed by atoms with van der Waals surface area (Å²) >= 11 is 6.02. The number of terminal acetylenes is 1. The van der Waals surface area contributed by atoms with Crippen molar-refractivity contribution in [3.05, 3.63) is 22.7 Å². The number of aromatic nitrogens is 2. The van der Waals surface area contributed by atoms with Crippen molar-refractivity contribution in [3.63, 3.8) is 0 Å². The van der Waals surface area contributed by atoms with Crippen molar-refractivity contribution in [2.75, 3.05) is 12.3 Å². The van der Waals surface area contributed by atoms with Crippen LogP contribution in [0.3, 0.4) is 0 Å². The number of nitrogen functional groups attached to an aromatic ring is 1. The molecule has 1 aromatic heterocycles. The van der Waals surface area contributed by atoms with Crippen molar-refractivity contribution in [1.82, 2.24) is 9.55 Å². The molecule has 2 heterocycles. The van der Waals surface area contributed by atoms with E-state index in [1.165, 1.54) is 12.3 Å². The maximum absolute atomic E-state index is 11.7. The molecule has 0 bridgehead atoms. The molecular formula is C11H12ClN3O4. The van der Waals surface area contributed by atoms with Crippen LogP contribution in [-0.2, 0) is 4.74 Å². The highest BCUT2D eigenvalue weighted by Crippen LogP contribution is 2.39. The lowest BCUT2D eigenvalue weighted by molar-refractivity contribution is -0.0911. The lowest BCUT2D eigenvalue weighted by Crippen LogP contribution is -2.43. The van der Waals surface area contributed by atoms with Gasteiger partial charge in [-0.3, -0.25) is 4.57 Å². The molecule has 4 N–H and O–H groups in total. The Hall–Kier alpha value is -1.59. The van der Waals surface area contributed by atoms with Crippen LogP contribution in [0.4, 0.5) is 5.82 Å². The molecule has 2 rings (SSSR count). The first kappa shape index (κ1) is 13.8. The van der Waals surface area contributed by atoms with E-state index in [-0.39, 0.29) is 5.82 Å². The van der Waals surface area contributed by atoms with Gasteiger partial charge in [0.1, 0.15) is 17.3 Å². The SMILES string of the molecule is C#C[C@]1(CO)O[C@@H](n2ccc(N)nc2=O)C(Cl)[C@@H]1O. The van der Waals surface area contributed by atoms with Gasteiger partial charge >= 0.3 is 5.69 Å². The summed E-state index contributed by atoms with van der Waals surface area (Å²) in [6, 6.07) is 1.38. The molecule has 1 aliphatic heterocycles. The maximum atomic E-state index is 11.7. The van der Waals surface area contributed by atoms with Gasteiger partial charge in [0.05, 0.1) is 6.61 Å². The largest absolute Gasteiger partial charge is 0.392 e. The molecular weight excluding hydrogens is 274 g/mol. The van der Waals surface area contributed by atoms with Crippen LogP contribution in [0.15, 0.2) is 17.1 Å². The highest BCUT2D eigenvalue weighted by Gasteiger charge is 2.54. The fourth-order valence-corrected chi connectivity index (χ4v) is 2.27. The molecule has 0 amide bonds. The second kappa shape index (κ2) is 4.83. The van der Waals surface area contributed by atoms with E-state index in [1.54, 1.807) is 0 Å². The number of rotatable bonds is 2. The summed E-state index contributed by atoms with van der Waals surface area (Å²) in [4.78, 5) is 15.2. The van der Waals surface area contributed by atoms with E-state index in [9.17, 15) is 15.0 Å². The van der Waals surface area contributed by atoms with E-state index in [0.717, 1.165) is 4.57 Å². The summed E-state index contributed by atoms with van der Waals surface area (Å²) in [5.41, 5.74) is 3.05. The summed E-state index contributed by atoms with van der Waals surface area (Å²) in [5.74, 6) is 2.22. The van der Waals surface area contributed by atoms with Crippen LogP contribution in [0.2, 0.25) is 0 Å². The number of halogens is 1. The summed E-state index contributed by atoms with van der Waals surface area (Å²) in [7, 11) is 0. The van der Waals surface area contributed by atoms with Gasteiger partial charge in [-0.2, -0.15) is 4.98 Å². The number of hydrogen-bond donors (Lipinski definition) is 3. The van der Waals surface area contributed by atoms with Crippen molar-refractivity contribution in [3.8, 4) is 12.3 Å². The number of hydrogen-bond acceptors (Lipinski definition) is 6. The highest BCUT2D eigenvalue weighted by atomic mass is 35.5. The molecule has 1 saturated heterocycles. The van der Waals surface area contributed by atoms with Crippen LogP contribution in [0.5, 0.6) is 0 Å². The standard InChI is InChI=1S/C11H12ClN3O4/c1-2-11(5-16)8(17)7(12)9(19-11)15-4-3-6(13)14-10(15)18/h1,3-4,7-9,16-17H,5H2,(H2,13,14,18)/t7?,8-,9+,11+/m0/s1. The van der Waals surface area contributed by atoms with Gasteiger partial charge in [0.2, 0.25) is 0 Å². The molecule has 0 aromatic carbocycles. The van der Waals surface area contributed by atoms with Gasteiger partial charge < -0.3 is 20.7 Å². The third-order valence-electron chi connectivity index (χ3n) is 2.99. The quantitative estimate of drug-likeness (QED) is 0.459. The molecule has 0 saturated carbocycles. The molecule has 1 aromatic rings.